The SMILES string of the molecule is C=C(CC(=O)OCCCOc1ccccc1)C(=O)OCC(=O)O. The van der Waals surface area contributed by atoms with Crippen molar-refractivity contribution >= 4 is 17.9 Å². The molecule has 0 atom stereocenters. The van der Waals surface area contributed by atoms with Gasteiger partial charge in [-0.2, -0.15) is 0 Å². The summed E-state index contributed by atoms with van der Waals surface area (Å²) in [6, 6.07) is 9.22. The van der Waals surface area contributed by atoms with Crippen molar-refractivity contribution in [3.8, 4) is 5.75 Å². The first-order valence-electron chi connectivity index (χ1n) is 6.89. The van der Waals surface area contributed by atoms with Gasteiger partial charge >= 0.3 is 17.9 Å². The van der Waals surface area contributed by atoms with Crippen LogP contribution in [-0.4, -0.2) is 42.8 Å². The van der Waals surface area contributed by atoms with E-state index in [1.54, 1.807) is 0 Å². The molecule has 7 heteroatoms. The Balaban J connectivity index is 2.13. The molecule has 23 heavy (non-hydrogen) atoms. The number of aliphatic carboxylic acids is 1. The Morgan fingerprint density at radius 1 is 1.04 bits per heavy atom. The number of ether oxygens (including phenoxy) is 3. The number of esters is 2. The molecule has 124 valence electrons. The third-order valence-corrected chi connectivity index (χ3v) is 2.54. The number of hydrogen-bond donors (Lipinski definition) is 1. The quantitative estimate of drug-likeness (QED) is 0.396. The van der Waals surface area contributed by atoms with Crippen LogP contribution in [-0.2, 0) is 23.9 Å². The molecule has 7 nitrogen and oxygen atoms in total. The van der Waals surface area contributed by atoms with Crippen LogP contribution in [0, 0.1) is 0 Å². The lowest BCUT2D eigenvalue weighted by Gasteiger charge is -2.08. The van der Waals surface area contributed by atoms with Gasteiger partial charge in [0.25, 0.3) is 0 Å². The van der Waals surface area contributed by atoms with Crippen molar-refractivity contribution in [1.29, 1.82) is 0 Å². The fraction of sp³-hybridized carbons (Fsp3) is 0.312. The van der Waals surface area contributed by atoms with Crippen molar-refractivity contribution in [2.24, 2.45) is 0 Å². The first kappa shape index (κ1) is 18.2. The number of carboxylic acids is 1. The zero-order chi connectivity index (χ0) is 17.1. The highest BCUT2D eigenvalue weighted by Crippen LogP contribution is 2.08. The fourth-order valence-corrected chi connectivity index (χ4v) is 1.48. The second kappa shape index (κ2) is 9.99. The molecule has 0 aliphatic rings. The highest BCUT2D eigenvalue weighted by Gasteiger charge is 2.15. The largest absolute Gasteiger partial charge is 0.493 e. The molecule has 0 bridgehead atoms. The molecule has 0 amide bonds. The maximum Gasteiger partial charge on any atom is 0.341 e. The lowest BCUT2D eigenvalue weighted by molar-refractivity contribution is -0.153. The summed E-state index contributed by atoms with van der Waals surface area (Å²) in [5.74, 6) is -2.13. The van der Waals surface area contributed by atoms with E-state index in [-0.39, 0.29) is 18.6 Å². The Labute approximate surface area is 133 Å². The summed E-state index contributed by atoms with van der Waals surface area (Å²) in [5.41, 5.74) is -0.156. The van der Waals surface area contributed by atoms with Crippen molar-refractivity contribution in [3.05, 3.63) is 42.5 Å². The zero-order valence-corrected chi connectivity index (χ0v) is 12.5. The lowest BCUT2D eigenvalue weighted by Crippen LogP contribution is -2.17. The molecule has 0 unspecified atom stereocenters. The predicted molar refractivity (Wildman–Crippen MR) is 79.9 cm³/mol. The van der Waals surface area contributed by atoms with Crippen molar-refractivity contribution in [2.45, 2.75) is 12.8 Å². The van der Waals surface area contributed by atoms with Gasteiger partial charge in [-0.25, -0.2) is 9.59 Å². The molecule has 0 spiro atoms. The third kappa shape index (κ3) is 8.25. The van der Waals surface area contributed by atoms with Crippen LogP contribution in [0.1, 0.15) is 12.8 Å². The summed E-state index contributed by atoms with van der Waals surface area (Å²) in [6.07, 6.45) is 0.147. The number of hydrogen-bond acceptors (Lipinski definition) is 6. The Morgan fingerprint density at radius 3 is 2.39 bits per heavy atom. The van der Waals surface area contributed by atoms with Crippen molar-refractivity contribution in [2.75, 3.05) is 19.8 Å². The molecule has 0 aromatic heterocycles. The number of carbonyl (C=O) groups is 3. The fourth-order valence-electron chi connectivity index (χ4n) is 1.48. The highest BCUT2D eigenvalue weighted by atomic mass is 16.6. The summed E-state index contributed by atoms with van der Waals surface area (Å²) in [7, 11) is 0. The molecule has 1 aromatic carbocycles. The Kier molecular flexibility index (Phi) is 7.91. The molecular weight excluding hydrogens is 304 g/mol. The summed E-state index contributed by atoms with van der Waals surface area (Å²) >= 11 is 0. The van der Waals surface area contributed by atoms with Crippen molar-refractivity contribution < 1.29 is 33.7 Å². The molecule has 0 saturated heterocycles. The van der Waals surface area contributed by atoms with Crippen molar-refractivity contribution in [1.82, 2.24) is 0 Å². The minimum atomic E-state index is -1.29. The summed E-state index contributed by atoms with van der Waals surface area (Å²) < 4.78 is 14.7. The van der Waals surface area contributed by atoms with Crippen LogP contribution >= 0.6 is 0 Å². The molecule has 0 fully saturated rings. The molecular formula is C16H18O7. The van der Waals surface area contributed by atoms with Gasteiger partial charge in [0.15, 0.2) is 6.61 Å². The Hall–Kier alpha value is -2.83. The monoisotopic (exact) mass is 322 g/mol. The van der Waals surface area contributed by atoms with Crippen LogP contribution in [0.4, 0.5) is 0 Å². The van der Waals surface area contributed by atoms with E-state index < -0.39 is 24.5 Å². The number of para-hydroxylation sites is 1. The van der Waals surface area contributed by atoms with E-state index in [0.717, 1.165) is 5.75 Å². The van der Waals surface area contributed by atoms with Gasteiger partial charge in [0, 0.05) is 12.0 Å². The number of carbonyl (C=O) groups excluding carboxylic acids is 2. The normalized spacial score (nSPS) is 9.74. The minimum absolute atomic E-state index is 0.142. The zero-order valence-electron chi connectivity index (χ0n) is 12.5. The van der Waals surface area contributed by atoms with Crippen LogP contribution in [0.3, 0.4) is 0 Å². The van der Waals surface area contributed by atoms with Crippen LogP contribution in [0.15, 0.2) is 42.5 Å². The molecule has 0 aliphatic heterocycles. The van der Waals surface area contributed by atoms with E-state index >= 15 is 0 Å². The Morgan fingerprint density at radius 2 is 1.74 bits per heavy atom. The van der Waals surface area contributed by atoms with Gasteiger partial charge in [0.2, 0.25) is 0 Å². The second-order valence-electron chi connectivity index (χ2n) is 4.49. The van der Waals surface area contributed by atoms with E-state index in [1.165, 1.54) is 0 Å². The van der Waals surface area contributed by atoms with Gasteiger partial charge in [-0.3, -0.25) is 4.79 Å². The van der Waals surface area contributed by atoms with Gasteiger partial charge in [-0.05, 0) is 12.1 Å². The molecule has 0 saturated carbocycles. The van der Waals surface area contributed by atoms with Gasteiger partial charge in [0.05, 0.1) is 19.6 Å². The highest BCUT2D eigenvalue weighted by molar-refractivity contribution is 5.94. The van der Waals surface area contributed by atoms with Gasteiger partial charge in [-0.15, -0.1) is 0 Å². The summed E-state index contributed by atoms with van der Waals surface area (Å²) in [5, 5.41) is 8.36. The topological polar surface area (TPSA) is 99.1 Å². The number of benzene rings is 1. The van der Waals surface area contributed by atoms with E-state index in [9.17, 15) is 14.4 Å². The summed E-state index contributed by atoms with van der Waals surface area (Å²) in [6.45, 7) is 3.12. The Bertz CT molecular complexity index is 551. The average Bonchev–Trinajstić information content (AvgIpc) is 2.53. The standard InChI is InChI=1S/C16H18O7/c1-12(16(20)23-11-14(17)18)10-15(19)22-9-5-8-21-13-6-3-2-4-7-13/h2-4,6-7H,1,5,8-11H2,(H,17,18). The summed E-state index contributed by atoms with van der Waals surface area (Å²) in [4.78, 5) is 33.0. The first-order chi connectivity index (χ1) is 11.0. The molecule has 1 rings (SSSR count). The van der Waals surface area contributed by atoms with Gasteiger partial charge < -0.3 is 19.3 Å². The number of rotatable bonds is 10. The van der Waals surface area contributed by atoms with Crippen molar-refractivity contribution in [3.63, 3.8) is 0 Å². The van der Waals surface area contributed by atoms with Crippen LogP contribution in [0.25, 0.3) is 0 Å². The molecule has 1 N–H and O–H groups in total. The average molecular weight is 322 g/mol. The molecule has 0 radical (unpaired) electrons. The number of carboxylic acid groups (broad SMARTS) is 1. The van der Waals surface area contributed by atoms with Crippen LogP contribution in [0.2, 0.25) is 0 Å². The van der Waals surface area contributed by atoms with E-state index in [2.05, 4.69) is 11.3 Å². The first-order valence-corrected chi connectivity index (χ1v) is 6.89. The molecule has 0 heterocycles. The van der Waals surface area contributed by atoms with Gasteiger partial charge in [0.1, 0.15) is 5.75 Å². The maximum absolute atomic E-state index is 11.5. The van der Waals surface area contributed by atoms with E-state index in [4.69, 9.17) is 14.6 Å². The lowest BCUT2D eigenvalue weighted by atomic mass is 10.2. The maximum atomic E-state index is 11.5. The predicted octanol–water partition coefficient (Wildman–Crippen LogP) is 1.57. The second-order valence-corrected chi connectivity index (χ2v) is 4.49. The molecule has 1 aromatic rings. The van der Waals surface area contributed by atoms with Crippen LogP contribution in [0.5, 0.6) is 5.75 Å². The van der Waals surface area contributed by atoms with E-state index in [1.807, 2.05) is 30.3 Å². The molecule has 0 aliphatic carbocycles. The van der Waals surface area contributed by atoms with Crippen LogP contribution < -0.4 is 4.74 Å². The smallest absolute Gasteiger partial charge is 0.341 e. The third-order valence-electron chi connectivity index (χ3n) is 2.54. The van der Waals surface area contributed by atoms with Gasteiger partial charge in [-0.1, -0.05) is 24.8 Å². The van der Waals surface area contributed by atoms with E-state index in [0.29, 0.717) is 13.0 Å². The minimum Gasteiger partial charge on any atom is -0.493 e.